The van der Waals surface area contributed by atoms with Crippen LogP contribution in [0.25, 0.3) is 5.57 Å². The van der Waals surface area contributed by atoms with Crippen molar-refractivity contribution in [1.29, 1.82) is 0 Å². The monoisotopic (exact) mass is 629 g/mol. The molecule has 0 aromatic heterocycles. The topological polar surface area (TPSA) is 50.1 Å². The number of hydrogen-bond donors (Lipinski definition) is 0. The molecule has 9 heteroatoms. The van der Waals surface area contributed by atoms with Crippen LogP contribution < -0.4 is 14.3 Å². The molecule has 3 aromatic carbocycles. The second-order valence-electron chi connectivity index (χ2n) is 12.8. The molecule has 3 aromatic rings. The fourth-order valence-electron chi connectivity index (χ4n) is 7.23. The quantitative estimate of drug-likeness (QED) is 0.262. The number of anilines is 2. The number of aryl methyl sites for hydroxylation is 2. The largest absolute Gasteiger partial charge is 0.573 e. The van der Waals surface area contributed by atoms with E-state index in [1.807, 2.05) is 61.4 Å². The third-order valence-electron chi connectivity index (χ3n) is 9.74. The minimum Gasteiger partial charge on any atom is -0.406 e. The molecular formula is C37H40F3N4O2+. The molecule has 6 nitrogen and oxygen atoms in total. The van der Waals surface area contributed by atoms with Gasteiger partial charge in [-0.2, -0.15) is 0 Å². The standard InChI is InChI=1S/C37H40F3N4O2/c1-26-23-29(28-13-18-41-25-28)24-27(2)34(26)35(45)42-21-16-36(3,17-22-42)43-19-14-32(15-20-43)44(30-7-5-4-6-8-30)31-9-11-33(12-10-31)46-37(38,39)40/h4-13,18,23-25,32H,14-17,19-22H2,1-3H3/q+1. The highest BCUT2D eigenvalue weighted by molar-refractivity contribution is 6.17. The van der Waals surface area contributed by atoms with Gasteiger partial charge in [-0.1, -0.05) is 30.3 Å². The maximum absolute atomic E-state index is 13.7. The van der Waals surface area contributed by atoms with Crippen molar-refractivity contribution in [2.75, 3.05) is 31.1 Å². The Morgan fingerprint density at radius 3 is 2.09 bits per heavy atom. The van der Waals surface area contributed by atoms with Gasteiger partial charge < -0.3 is 14.5 Å². The smallest absolute Gasteiger partial charge is 0.406 e. The van der Waals surface area contributed by atoms with E-state index in [1.165, 1.54) is 12.1 Å². The van der Waals surface area contributed by atoms with Crippen LogP contribution in [-0.4, -0.2) is 72.3 Å². The van der Waals surface area contributed by atoms with E-state index >= 15 is 0 Å². The van der Waals surface area contributed by atoms with Gasteiger partial charge in [-0.3, -0.25) is 9.69 Å². The molecule has 2 saturated heterocycles. The minimum absolute atomic E-state index is 0.00532. The normalized spacial score (nSPS) is 18.5. The molecule has 0 unspecified atom stereocenters. The summed E-state index contributed by atoms with van der Waals surface area (Å²) in [5, 5.41) is 0. The van der Waals surface area contributed by atoms with Crippen molar-refractivity contribution in [1.82, 2.24) is 14.5 Å². The Balaban J connectivity index is 1.10. The van der Waals surface area contributed by atoms with E-state index < -0.39 is 6.36 Å². The Morgan fingerprint density at radius 1 is 0.913 bits per heavy atom. The fraction of sp³-hybridized carbons (Fsp3) is 0.378. The second kappa shape index (κ2) is 12.8. The highest BCUT2D eigenvalue weighted by Crippen LogP contribution is 2.37. The van der Waals surface area contributed by atoms with Gasteiger partial charge in [0.25, 0.3) is 18.3 Å². The first kappa shape index (κ1) is 31.6. The molecule has 0 radical (unpaired) electrons. The third kappa shape index (κ3) is 6.76. The van der Waals surface area contributed by atoms with Crippen molar-refractivity contribution in [2.24, 2.45) is 0 Å². The van der Waals surface area contributed by atoms with Crippen LogP contribution in [0.5, 0.6) is 5.75 Å². The number of rotatable bonds is 7. The summed E-state index contributed by atoms with van der Waals surface area (Å²) in [5.74, 6) is -0.122. The van der Waals surface area contributed by atoms with Crippen molar-refractivity contribution in [3.8, 4) is 5.75 Å². The van der Waals surface area contributed by atoms with Crippen LogP contribution in [0.2, 0.25) is 0 Å². The van der Waals surface area contributed by atoms with Crippen LogP contribution in [0, 0.1) is 13.8 Å². The highest BCUT2D eigenvalue weighted by atomic mass is 19.4. The maximum atomic E-state index is 13.7. The summed E-state index contributed by atoms with van der Waals surface area (Å²) in [4.78, 5) is 20.6. The molecule has 0 N–H and O–H groups in total. The Kier molecular flexibility index (Phi) is 8.82. The lowest BCUT2D eigenvalue weighted by Crippen LogP contribution is -2.57. The van der Waals surface area contributed by atoms with Crippen molar-refractivity contribution < 1.29 is 22.7 Å². The number of para-hydroxylation sites is 1. The van der Waals surface area contributed by atoms with Gasteiger partial charge in [0.2, 0.25) is 0 Å². The maximum Gasteiger partial charge on any atom is 0.573 e. The van der Waals surface area contributed by atoms with Gasteiger partial charge in [-0.15, -0.1) is 17.8 Å². The summed E-state index contributed by atoms with van der Waals surface area (Å²) >= 11 is 0. The number of ether oxygens (including phenoxy) is 1. The first-order chi connectivity index (χ1) is 22.0. The van der Waals surface area contributed by atoms with Gasteiger partial charge in [0, 0.05) is 60.8 Å². The zero-order chi connectivity index (χ0) is 32.5. The number of allylic oxidation sites excluding steroid dienone is 2. The molecule has 0 spiro atoms. The molecule has 3 aliphatic rings. The second-order valence-corrected chi connectivity index (χ2v) is 12.8. The summed E-state index contributed by atoms with van der Waals surface area (Å²) in [6.07, 6.45) is 4.52. The Labute approximate surface area is 268 Å². The SMILES string of the molecule is Cc1cc(C2=CC=[N+]=C2)cc(C)c1C(=O)N1CCC(C)(N2CCC(N(c3ccccc3)c3ccc(OC(F)(F)F)cc3)CC2)CC1. The average Bonchev–Trinajstić information content (AvgIpc) is 3.58. The van der Waals surface area contributed by atoms with Gasteiger partial charge in [0.1, 0.15) is 5.75 Å². The molecule has 2 fully saturated rings. The number of hydrogen-bond acceptors (Lipinski definition) is 4. The summed E-state index contributed by atoms with van der Waals surface area (Å²) in [6, 6.07) is 20.5. The number of amides is 1. The first-order valence-electron chi connectivity index (χ1n) is 15.9. The summed E-state index contributed by atoms with van der Waals surface area (Å²) < 4.78 is 46.5. The van der Waals surface area contributed by atoms with Crippen molar-refractivity contribution in [3.05, 3.63) is 95.1 Å². The summed E-state index contributed by atoms with van der Waals surface area (Å²) in [6.45, 7) is 9.59. The predicted molar refractivity (Wildman–Crippen MR) is 178 cm³/mol. The van der Waals surface area contributed by atoms with Gasteiger partial charge in [0.05, 0.1) is 5.57 Å². The van der Waals surface area contributed by atoms with Gasteiger partial charge in [-0.25, -0.2) is 0 Å². The lowest BCUT2D eigenvalue weighted by molar-refractivity contribution is -0.274. The molecule has 0 saturated carbocycles. The van der Waals surface area contributed by atoms with Crippen molar-refractivity contribution in [2.45, 2.75) is 64.4 Å². The first-order valence-corrected chi connectivity index (χ1v) is 15.9. The van der Waals surface area contributed by atoms with E-state index in [4.69, 9.17) is 0 Å². The van der Waals surface area contributed by atoms with Crippen LogP contribution in [0.3, 0.4) is 0 Å². The van der Waals surface area contributed by atoms with Crippen LogP contribution in [-0.2, 0) is 0 Å². The Morgan fingerprint density at radius 2 is 1.52 bits per heavy atom. The molecule has 46 heavy (non-hydrogen) atoms. The lowest BCUT2D eigenvalue weighted by atomic mass is 9.84. The molecule has 1 amide bonds. The van der Waals surface area contributed by atoms with Gasteiger partial charge in [-0.05, 0) is 99.5 Å². The summed E-state index contributed by atoms with van der Waals surface area (Å²) in [7, 11) is 0. The van der Waals surface area contributed by atoms with Gasteiger partial charge in [0.15, 0.2) is 0 Å². The van der Waals surface area contributed by atoms with E-state index in [-0.39, 0.29) is 23.2 Å². The number of halogens is 3. The van der Waals surface area contributed by atoms with E-state index in [0.29, 0.717) is 13.1 Å². The van der Waals surface area contributed by atoms with Crippen LogP contribution >= 0.6 is 0 Å². The molecule has 0 atom stereocenters. The van der Waals surface area contributed by atoms with E-state index in [9.17, 15) is 18.0 Å². The summed E-state index contributed by atoms with van der Waals surface area (Å²) in [5.41, 5.74) is 6.75. The zero-order valence-electron chi connectivity index (χ0n) is 26.6. The number of carbonyl (C=O) groups excluding carboxylic acids is 1. The number of carbonyl (C=O) groups is 1. The van der Waals surface area contributed by atoms with E-state index in [1.54, 1.807) is 18.3 Å². The minimum atomic E-state index is -4.72. The third-order valence-corrected chi connectivity index (χ3v) is 9.74. The van der Waals surface area contributed by atoms with Crippen LogP contribution in [0.1, 0.15) is 59.7 Å². The van der Waals surface area contributed by atoms with Gasteiger partial charge >= 0.3 is 6.36 Å². The molecule has 3 aliphatic heterocycles. The van der Waals surface area contributed by atoms with Crippen LogP contribution in [0.4, 0.5) is 24.5 Å². The average molecular weight is 630 g/mol. The molecule has 6 rings (SSSR count). The number of piperidine rings is 2. The predicted octanol–water partition coefficient (Wildman–Crippen LogP) is 7.11. The molecular weight excluding hydrogens is 589 g/mol. The van der Waals surface area contributed by atoms with E-state index in [0.717, 1.165) is 78.0 Å². The lowest BCUT2D eigenvalue weighted by Gasteiger charge is -2.50. The number of likely N-dealkylation sites (tertiary alicyclic amines) is 2. The van der Waals surface area contributed by atoms with Crippen molar-refractivity contribution in [3.63, 3.8) is 0 Å². The molecule has 0 aliphatic carbocycles. The number of benzene rings is 3. The molecule has 240 valence electrons. The van der Waals surface area contributed by atoms with E-state index in [2.05, 4.69) is 38.3 Å². The fourth-order valence-corrected chi connectivity index (χ4v) is 7.23. The highest BCUT2D eigenvalue weighted by Gasteiger charge is 2.40. The number of alkyl halides is 3. The molecule has 0 bridgehead atoms. The Hall–Kier alpha value is -4.33. The Bertz CT molecular complexity index is 1640. The zero-order valence-corrected chi connectivity index (χ0v) is 26.6. The number of nitrogens with zero attached hydrogens (tertiary/aromatic N) is 4. The van der Waals surface area contributed by atoms with Crippen LogP contribution in [0.15, 0.2) is 72.8 Å². The van der Waals surface area contributed by atoms with Crippen molar-refractivity contribution >= 4 is 35.3 Å². The molecule has 3 heterocycles.